The number of hydrogen-bond acceptors (Lipinski definition) is 7. The topological polar surface area (TPSA) is 167 Å². The molecule has 0 aromatic rings. The summed E-state index contributed by atoms with van der Waals surface area (Å²) in [5.41, 5.74) is 4.93. The van der Waals surface area contributed by atoms with E-state index in [9.17, 15) is 16.8 Å². The molecule has 0 rings (SSSR count). The number of nitrogens with two attached hydrogens (primary N) is 1. The first kappa shape index (κ1) is 14.7. The summed E-state index contributed by atoms with van der Waals surface area (Å²) < 4.78 is 58.5. The molecule has 0 aliphatic heterocycles. The molecule has 0 radical (unpaired) electrons. The minimum Gasteiger partial charge on any atom is -0.362 e. The Kier molecular flexibility index (Phi) is 4.20. The van der Waals surface area contributed by atoms with Crippen LogP contribution in [0.5, 0.6) is 0 Å². The SMILES string of the molecule is CC(NC(N)(O)CS(=O)(=O)O)S(=O)(=O)O. The molecule has 0 bridgehead atoms. The Labute approximate surface area is 86.8 Å². The van der Waals surface area contributed by atoms with E-state index in [0.717, 1.165) is 6.92 Å². The third kappa shape index (κ3) is 6.72. The molecule has 0 spiro atoms. The van der Waals surface area contributed by atoms with E-state index >= 15 is 0 Å². The normalized spacial score (nSPS) is 19.5. The fourth-order valence-corrected chi connectivity index (χ4v) is 1.74. The van der Waals surface area contributed by atoms with Gasteiger partial charge in [0.1, 0.15) is 11.1 Å². The third-order valence-corrected chi connectivity index (χ3v) is 3.12. The van der Waals surface area contributed by atoms with Gasteiger partial charge >= 0.3 is 0 Å². The lowest BCUT2D eigenvalue weighted by atomic mass is 10.5. The molecule has 0 aliphatic rings. The van der Waals surface area contributed by atoms with Crippen LogP contribution in [-0.4, -0.2) is 48.0 Å². The van der Waals surface area contributed by atoms with Crippen molar-refractivity contribution in [3.63, 3.8) is 0 Å². The molecule has 2 unspecified atom stereocenters. The van der Waals surface area contributed by atoms with Gasteiger partial charge in [0, 0.05) is 0 Å². The van der Waals surface area contributed by atoms with E-state index in [1.54, 1.807) is 5.32 Å². The van der Waals surface area contributed by atoms with Crippen LogP contribution in [0, 0.1) is 0 Å². The summed E-state index contributed by atoms with van der Waals surface area (Å²) in [6, 6.07) is 0. The zero-order valence-corrected chi connectivity index (χ0v) is 9.29. The van der Waals surface area contributed by atoms with Crippen molar-refractivity contribution >= 4 is 20.2 Å². The first-order valence-electron chi connectivity index (χ1n) is 3.54. The molecular formula is C4H12N2O7S2. The monoisotopic (exact) mass is 264 g/mol. The van der Waals surface area contributed by atoms with Gasteiger partial charge in [-0.15, -0.1) is 0 Å². The van der Waals surface area contributed by atoms with E-state index in [0.29, 0.717) is 0 Å². The van der Waals surface area contributed by atoms with E-state index in [1.165, 1.54) is 0 Å². The van der Waals surface area contributed by atoms with Gasteiger partial charge in [-0.05, 0) is 6.92 Å². The summed E-state index contributed by atoms with van der Waals surface area (Å²) in [6.07, 6.45) is 0. The van der Waals surface area contributed by atoms with Crippen molar-refractivity contribution in [1.29, 1.82) is 0 Å². The van der Waals surface area contributed by atoms with Gasteiger partial charge in [-0.1, -0.05) is 0 Å². The fraction of sp³-hybridized carbons (Fsp3) is 1.00. The minimum atomic E-state index is -4.59. The van der Waals surface area contributed by atoms with Gasteiger partial charge in [0.15, 0.2) is 5.85 Å². The van der Waals surface area contributed by atoms with Crippen LogP contribution < -0.4 is 11.1 Å². The van der Waals surface area contributed by atoms with E-state index in [-0.39, 0.29) is 0 Å². The first-order chi connectivity index (χ1) is 6.33. The Morgan fingerprint density at radius 3 is 2.00 bits per heavy atom. The zero-order chi connectivity index (χ0) is 12.5. The molecule has 9 nitrogen and oxygen atoms in total. The van der Waals surface area contributed by atoms with Crippen molar-refractivity contribution < 1.29 is 31.0 Å². The smallest absolute Gasteiger partial charge is 0.280 e. The van der Waals surface area contributed by atoms with Crippen molar-refractivity contribution in [2.45, 2.75) is 18.1 Å². The molecule has 0 amide bonds. The maximum atomic E-state index is 10.5. The van der Waals surface area contributed by atoms with Crippen LogP contribution in [0.2, 0.25) is 0 Å². The maximum absolute atomic E-state index is 10.5. The van der Waals surface area contributed by atoms with Gasteiger partial charge < -0.3 is 5.11 Å². The van der Waals surface area contributed by atoms with Crippen molar-refractivity contribution in [2.24, 2.45) is 5.73 Å². The Bertz CT molecular complexity index is 410. The second-order valence-electron chi connectivity index (χ2n) is 2.95. The van der Waals surface area contributed by atoms with Crippen molar-refractivity contribution in [3.05, 3.63) is 0 Å². The molecule has 0 heterocycles. The summed E-state index contributed by atoms with van der Waals surface area (Å²) in [7, 11) is -9.11. The number of aliphatic hydroxyl groups is 1. The number of rotatable bonds is 5. The van der Waals surface area contributed by atoms with E-state index in [2.05, 4.69) is 0 Å². The molecule has 0 aromatic carbocycles. The first-order valence-corrected chi connectivity index (χ1v) is 6.65. The Balaban J connectivity index is 4.67. The van der Waals surface area contributed by atoms with Crippen LogP contribution in [-0.2, 0) is 20.2 Å². The largest absolute Gasteiger partial charge is 0.362 e. The lowest BCUT2D eigenvalue weighted by molar-refractivity contribution is 0.0297. The van der Waals surface area contributed by atoms with Crippen molar-refractivity contribution in [1.82, 2.24) is 5.32 Å². The van der Waals surface area contributed by atoms with E-state index in [1.807, 2.05) is 0 Å². The van der Waals surface area contributed by atoms with E-state index < -0.39 is 37.2 Å². The van der Waals surface area contributed by atoms with Crippen LogP contribution in [0.15, 0.2) is 0 Å². The minimum absolute atomic E-state index is 0.928. The summed E-state index contributed by atoms with van der Waals surface area (Å²) >= 11 is 0. The summed E-state index contributed by atoms with van der Waals surface area (Å²) in [6.45, 7) is 0.928. The summed E-state index contributed by atoms with van der Waals surface area (Å²) in [5.74, 6) is -3.98. The fourth-order valence-electron chi connectivity index (χ4n) is 0.746. The lowest BCUT2D eigenvalue weighted by Gasteiger charge is -2.25. The highest BCUT2D eigenvalue weighted by atomic mass is 32.2. The average molecular weight is 264 g/mol. The van der Waals surface area contributed by atoms with Crippen molar-refractivity contribution in [2.75, 3.05) is 5.75 Å². The quantitative estimate of drug-likeness (QED) is 0.262. The molecule has 0 saturated heterocycles. The Morgan fingerprint density at radius 1 is 1.33 bits per heavy atom. The van der Waals surface area contributed by atoms with Crippen LogP contribution in [0.4, 0.5) is 0 Å². The van der Waals surface area contributed by atoms with Gasteiger partial charge in [-0.25, -0.2) is 0 Å². The van der Waals surface area contributed by atoms with Crippen LogP contribution in [0.25, 0.3) is 0 Å². The van der Waals surface area contributed by atoms with Gasteiger partial charge in [0.25, 0.3) is 20.2 Å². The molecule has 11 heteroatoms. The molecule has 0 fully saturated rings. The maximum Gasteiger partial charge on any atom is 0.280 e. The highest BCUT2D eigenvalue weighted by Gasteiger charge is 2.32. The highest BCUT2D eigenvalue weighted by molar-refractivity contribution is 7.86. The van der Waals surface area contributed by atoms with Crippen LogP contribution in [0.3, 0.4) is 0 Å². The lowest BCUT2D eigenvalue weighted by Crippen LogP contribution is -2.62. The van der Waals surface area contributed by atoms with Crippen LogP contribution in [0.1, 0.15) is 6.92 Å². The molecule has 15 heavy (non-hydrogen) atoms. The van der Waals surface area contributed by atoms with Crippen LogP contribution >= 0.6 is 0 Å². The predicted molar refractivity (Wildman–Crippen MR) is 49.7 cm³/mol. The van der Waals surface area contributed by atoms with Crippen molar-refractivity contribution in [3.8, 4) is 0 Å². The van der Waals surface area contributed by atoms with E-state index in [4.69, 9.17) is 19.9 Å². The third-order valence-electron chi connectivity index (χ3n) is 1.30. The number of nitrogens with one attached hydrogen (secondary N) is 1. The van der Waals surface area contributed by atoms with Gasteiger partial charge in [-0.3, -0.25) is 20.2 Å². The Hall–Kier alpha value is -0.300. The molecule has 0 aliphatic carbocycles. The van der Waals surface area contributed by atoms with Gasteiger partial charge in [-0.2, -0.15) is 16.8 Å². The molecule has 0 aromatic heterocycles. The molecule has 6 N–H and O–H groups in total. The van der Waals surface area contributed by atoms with Gasteiger partial charge in [0.05, 0.1) is 0 Å². The molecular weight excluding hydrogens is 252 g/mol. The molecule has 0 saturated carbocycles. The average Bonchev–Trinajstić information content (AvgIpc) is 1.76. The predicted octanol–water partition coefficient (Wildman–Crippen LogP) is -2.70. The summed E-state index contributed by atoms with van der Waals surface area (Å²) in [4.78, 5) is 0. The van der Waals surface area contributed by atoms with Gasteiger partial charge in [0.2, 0.25) is 0 Å². The number of hydrogen-bond donors (Lipinski definition) is 5. The standard InChI is InChI=1S/C4H12N2O7S2/c1-3(15(11,12)13)6-4(5,7)2-14(8,9)10/h3,6-7H,2,5H2,1H3,(H,8,9,10)(H,11,12,13). The Morgan fingerprint density at radius 2 is 1.73 bits per heavy atom. The summed E-state index contributed by atoms with van der Waals surface area (Å²) in [5, 5.41) is 9.16. The zero-order valence-electron chi connectivity index (χ0n) is 7.65. The second kappa shape index (κ2) is 4.29. The second-order valence-corrected chi connectivity index (χ2v) is 6.14. The molecule has 92 valence electrons. The highest BCUT2D eigenvalue weighted by Crippen LogP contribution is 2.01. The molecule has 2 atom stereocenters.